The predicted molar refractivity (Wildman–Crippen MR) is 71.2 cm³/mol. The van der Waals surface area contributed by atoms with Crippen molar-refractivity contribution in [1.29, 1.82) is 0 Å². The van der Waals surface area contributed by atoms with E-state index in [9.17, 15) is 10.1 Å². The van der Waals surface area contributed by atoms with Gasteiger partial charge < -0.3 is 15.2 Å². The van der Waals surface area contributed by atoms with Gasteiger partial charge in [-0.15, -0.1) is 0 Å². The molecule has 9 heteroatoms. The molecular formula is C11H9ClN4O4. The van der Waals surface area contributed by atoms with E-state index in [4.69, 9.17) is 26.8 Å². The summed E-state index contributed by atoms with van der Waals surface area (Å²) < 4.78 is 10.3. The molecule has 0 atom stereocenters. The fourth-order valence-corrected chi connectivity index (χ4v) is 1.64. The van der Waals surface area contributed by atoms with Gasteiger partial charge in [-0.25, -0.2) is 0 Å². The van der Waals surface area contributed by atoms with Crippen LogP contribution in [0.1, 0.15) is 0 Å². The molecule has 0 aliphatic carbocycles. The second kappa shape index (κ2) is 5.57. The second-order valence-corrected chi connectivity index (χ2v) is 3.99. The number of hydrogen-bond donors (Lipinski definition) is 1. The van der Waals surface area contributed by atoms with Gasteiger partial charge in [-0.1, -0.05) is 11.6 Å². The number of hydrogen-bond acceptors (Lipinski definition) is 7. The van der Waals surface area contributed by atoms with Crippen molar-refractivity contribution in [3.63, 3.8) is 0 Å². The van der Waals surface area contributed by atoms with Gasteiger partial charge in [-0.2, -0.15) is 9.97 Å². The Morgan fingerprint density at radius 3 is 2.60 bits per heavy atom. The predicted octanol–water partition coefficient (Wildman–Crippen LogP) is 2.42. The van der Waals surface area contributed by atoms with Crippen LogP contribution in [0.2, 0.25) is 5.02 Å². The topological polar surface area (TPSA) is 113 Å². The summed E-state index contributed by atoms with van der Waals surface area (Å²) in [5.74, 6) is 0.632. The highest BCUT2D eigenvalue weighted by Crippen LogP contribution is 2.31. The molecule has 0 saturated heterocycles. The van der Waals surface area contributed by atoms with Gasteiger partial charge >= 0.3 is 0 Å². The van der Waals surface area contributed by atoms with Crippen LogP contribution in [0.5, 0.6) is 17.5 Å². The monoisotopic (exact) mass is 296 g/mol. The Bertz CT molecular complexity index is 665. The Hall–Kier alpha value is -2.61. The molecule has 0 bridgehead atoms. The zero-order valence-electron chi connectivity index (χ0n) is 10.2. The van der Waals surface area contributed by atoms with Crippen LogP contribution in [-0.4, -0.2) is 22.0 Å². The average molecular weight is 297 g/mol. The Balaban J connectivity index is 2.28. The average Bonchev–Trinajstić information content (AvgIpc) is 2.37. The summed E-state index contributed by atoms with van der Waals surface area (Å²) in [5.41, 5.74) is 5.28. The number of rotatable bonds is 4. The molecule has 1 aromatic heterocycles. The number of benzene rings is 1. The van der Waals surface area contributed by atoms with Gasteiger partial charge in [0.2, 0.25) is 17.7 Å². The summed E-state index contributed by atoms with van der Waals surface area (Å²) in [5, 5.41) is 10.6. The van der Waals surface area contributed by atoms with Gasteiger partial charge in [0, 0.05) is 12.1 Å². The molecule has 0 aliphatic rings. The minimum absolute atomic E-state index is 0.0210. The normalized spacial score (nSPS) is 10.1. The fourth-order valence-electron chi connectivity index (χ4n) is 1.40. The van der Waals surface area contributed by atoms with Crippen molar-refractivity contribution >= 4 is 23.2 Å². The maximum absolute atomic E-state index is 10.6. The van der Waals surface area contributed by atoms with Crippen LogP contribution in [0.15, 0.2) is 24.3 Å². The fraction of sp³-hybridized carbons (Fsp3) is 0.0909. The number of aromatic nitrogens is 2. The quantitative estimate of drug-likeness (QED) is 0.680. The summed E-state index contributed by atoms with van der Waals surface area (Å²) in [6, 6.07) is 5.37. The molecule has 0 aliphatic heterocycles. The lowest BCUT2D eigenvalue weighted by molar-refractivity contribution is -0.384. The first kappa shape index (κ1) is 13.8. The third kappa shape index (κ3) is 3.04. The molecule has 2 rings (SSSR count). The van der Waals surface area contributed by atoms with Gasteiger partial charge in [0.05, 0.1) is 18.1 Å². The van der Waals surface area contributed by atoms with Crippen molar-refractivity contribution in [3.05, 3.63) is 39.4 Å². The number of methoxy groups -OCH3 is 1. The number of nitrogens with zero attached hydrogens (tertiary/aromatic N) is 3. The van der Waals surface area contributed by atoms with Crippen LogP contribution in [0, 0.1) is 10.1 Å². The van der Waals surface area contributed by atoms with Crippen LogP contribution < -0.4 is 15.2 Å². The number of anilines is 1. The van der Waals surface area contributed by atoms with Gasteiger partial charge in [0.1, 0.15) is 10.8 Å². The molecule has 0 radical (unpaired) electrons. The molecule has 0 fully saturated rings. The first-order valence-electron chi connectivity index (χ1n) is 5.30. The SMILES string of the molecule is COc1cc(Oc2ccc([N+](=O)[O-])c(Cl)c2)nc(N)n1. The van der Waals surface area contributed by atoms with Crippen molar-refractivity contribution in [3.8, 4) is 17.5 Å². The maximum Gasteiger partial charge on any atom is 0.288 e. The summed E-state index contributed by atoms with van der Waals surface area (Å²) in [7, 11) is 1.42. The number of halogens is 1. The van der Waals surface area contributed by atoms with E-state index in [2.05, 4.69) is 9.97 Å². The van der Waals surface area contributed by atoms with Gasteiger partial charge in [-0.05, 0) is 6.07 Å². The third-order valence-corrected chi connectivity index (χ3v) is 2.55. The molecular weight excluding hydrogens is 288 g/mol. The lowest BCUT2D eigenvalue weighted by Gasteiger charge is -2.07. The Labute approximate surface area is 118 Å². The molecule has 104 valence electrons. The van der Waals surface area contributed by atoms with E-state index >= 15 is 0 Å². The Morgan fingerprint density at radius 1 is 1.30 bits per heavy atom. The molecule has 0 unspecified atom stereocenters. The summed E-state index contributed by atoms with van der Waals surface area (Å²) >= 11 is 5.78. The maximum atomic E-state index is 10.6. The molecule has 2 N–H and O–H groups in total. The van der Waals surface area contributed by atoms with Crippen LogP contribution >= 0.6 is 11.6 Å². The van der Waals surface area contributed by atoms with Crippen molar-refractivity contribution in [2.75, 3.05) is 12.8 Å². The highest BCUT2D eigenvalue weighted by atomic mass is 35.5. The summed E-state index contributed by atoms with van der Waals surface area (Å²) in [4.78, 5) is 17.7. The highest BCUT2D eigenvalue weighted by molar-refractivity contribution is 6.32. The van der Waals surface area contributed by atoms with Gasteiger partial charge in [0.25, 0.3) is 5.69 Å². The first-order valence-corrected chi connectivity index (χ1v) is 5.67. The molecule has 1 heterocycles. The van der Waals surface area contributed by atoms with E-state index in [1.54, 1.807) is 0 Å². The molecule has 0 amide bonds. The van der Waals surface area contributed by atoms with Crippen LogP contribution in [0.3, 0.4) is 0 Å². The molecule has 2 aromatic rings. The minimum atomic E-state index is -0.585. The first-order chi connectivity index (χ1) is 9.49. The van der Waals surface area contributed by atoms with Crippen LogP contribution in [0.4, 0.5) is 11.6 Å². The lowest BCUT2D eigenvalue weighted by Crippen LogP contribution is -1.99. The van der Waals surface area contributed by atoms with E-state index in [0.29, 0.717) is 0 Å². The van der Waals surface area contributed by atoms with E-state index in [0.717, 1.165) is 0 Å². The van der Waals surface area contributed by atoms with E-state index in [1.807, 2.05) is 0 Å². The molecule has 8 nitrogen and oxygen atoms in total. The second-order valence-electron chi connectivity index (χ2n) is 3.58. The standard InChI is InChI=1S/C11H9ClN4O4/c1-19-9-5-10(15-11(13)14-9)20-6-2-3-8(16(17)18)7(12)4-6/h2-5H,1H3,(H2,13,14,15). The van der Waals surface area contributed by atoms with Crippen molar-refractivity contribution in [2.24, 2.45) is 0 Å². The Morgan fingerprint density at radius 2 is 2.00 bits per heavy atom. The van der Waals surface area contributed by atoms with E-state index < -0.39 is 4.92 Å². The van der Waals surface area contributed by atoms with Gasteiger partial charge in [0.15, 0.2) is 0 Å². The zero-order chi connectivity index (χ0) is 14.7. The van der Waals surface area contributed by atoms with Crippen LogP contribution in [-0.2, 0) is 0 Å². The lowest BCUT2D eigenvalue weighted by atomic mass is 10.3. The van der Waals surface area contributed by atoms with Crippen molar-refractivity contribution in [1.82, 2.24) is 9.97 Å². The van der Waals surface area contributed by atoms with E-state index in [-0.39, 0.29) is 34.2 Å². The van der Waals surface area contributed by atoms with Crippen molar-refractivity contribution in [2.45, 2.75) is 0 Å². The van der Waals surface area contributed by atoms with E-state index in [1.165, 1.54) is 31.4 Å². The van der Waals surface area contributed by atoms with Crippen molar-refractivity contribution < 1.29 is 14.4 Å². The third-order valence-electron chi connectivity index (χ3n) is 2.24. The number of ether oxygens (including phenoxy) is 2. The van der Waals surface area contributed by atoms with Gasteiger partial charge in [-0.3, -0.25) is 10.1 Å². The molecule has 0 saturated carbocycles. The Kier molecular flexibility index (Phi) is 3.85. The van der Waals surface area contributed by atoms with Crippen LogP contribution in [0.25, 0.3) is 0 Å². The molecule has 20 heavy (non-hydrogen) atoms. The number of nitro groups is 1. The summed E-state index contributed by atoms with van der Waals surface area (Å²) in [6.07, 6.45) is 0. The minimum Gasteiger partial charge on any atom is -0.481 e. The number of nitro benzene ring substituents is 1. The number of nitrogens with two attached hydrogens (primary N) is 1. The zero-order valence-corrected chi connectivity index (χ0v) is 11.0. The largest absolute Gasteiger partial charge is 0.481 e. The molecule has 1 aromatic carbocycles. The summed E-state index contributed by atoms with van der Waals surface area (Å²) in [6.45, 7) is 0. The number of nitrogen functional groups attached to an aromatic ring is 1. The highest BCUT2D eigenvalue weighted by Gasteiger charge is 2.13. The molecule has 0 spiro atoms. The smallest absolute Gasteiger partial charge is 0.288 e.